The number of hydrogen-bond acceptors (Lipinski definition) is 3. The summed E-state index contributed by atoms with van der Waals surface area (Å²) in [6, 6.07) is 0. The monoisotopic (exact) mass is 102 g/mol. The second kappa shape index (κ2) is 3.86. The van der Waals surface area contributed by atoms with Crippen molar-refractivity contribution in [1.82, 2.24) is 0 Å². The third-order valence-corrected chi connectivity index (χ3v) is 0.465. The lowest BCUT2D eigenvalue weighted by Crippen LogP contribution is -2.11. The van der Waals surface area contributed by atoms with Crippen LogP contribution >= 0.6 is 0 Å². The van der Waals surface area contributed by atoms with Crippen LogP contribution in [0.25, 0.3) is 0 Å². The number of hydrogen-bond donors (Lipinski definition) is 2. The van der Waals surface area contributed by atoms with Gasteiger partial charge in [-0.25, -0.2) is 0 Å². The van der Waals surface area contributed by atoms with E-state index in [1.807, 2.05) is 0 Å². The van der Waals surface area contributed by atoms with E-state index in [1.165, 1.54) is 5.98 Å². The van der Waals surface area contributed by atoms with Gasteiger partial charge in [0.15, 0.2) is 0 Å². The van der Waals surface area contributed by atoms with Crippen molar-refractivity contribution in [3.63, 3.8) is 0 Å². The Hall–Kier alpha value is -0.315. The molecule has 0 aliphatic carbocycles. The third-order valence-electron chi connectivity index (χ3n) is 0.465. The minimum absolute atomic E-state index is 1.18. The maximum Gasteiger partial charge on any atom is 0.514 e. The summed E-state index contributed by atoms with van der Waals surface area (Å²) in [4.78, 5) is 3.46. The van der Waals surface area contributed by atoms with Crippen LogP contribution in [0.4, 0.5) is 0 Å². The molecule has 0 saturated heterocycles. The molecule has 0 aromatic heterocycles. The second-order valence-electron chi connectivity index (χ2n) is 1.02. The second-order valence-corrected chi connectivity index (χ2v) is 1.02. The lowest BCUT2D eigenvalue weighted by Gasteiger charge is -1.88. The first-order chi connectivity index (χ1) is 3.31. The van der Waals surface area contributed by atoms with Gasteiger partial charge in [0.2, 0.25) is 0 Å². The molecule has 0 rings (SSSR count). The Labute approximate surface area is 42.3 Å². The van der Waals surface area contributed by atoms with Gasteiger partial charge in [0.1, 0.15) is 0 Å². The van der Waals surface area contributed by atoms with Crippen LogP contribution < -0.4 is 0 Å². The van der Waals surface area contributed by atoms with E-state index in [9.17, 15) is 0 Å². The smallest absolute Gasteiger partial charge is 0.422 e. The average Bonchev–Trinajstić information content (AvgIpc) is 1.68. The van der Waals surface area contributed by atoms with Gasteiger partial charge in [0.25, 0.3) is 0 Å². The molecule has 0 atom stereocenters. The van der Waals surface area contributed by atoms with E-state index in [2.05, 4.69) is 4.81 Å². The van der Waals surface area contributed by atoms with E-state index in [-0.39, 0.29) is 0 Å². The van der Waals surface area contributed by atoms with Gasteiger partial charge < -0.3 is 5.02 Å². The summed E-state index contributed by atoms with van der Waals surface area (Å²) < 4.78 is 0. The van der Waals surface area contributed by atoms with Crippen LogP contribution in [-0.2, 0) is 4.81 Å². The van der Waals surface area contributed by atoms with Crippen LogP contribution in [0.5, 0.6) is 0 Å². The first kappa shape index (κ1) is 6.68. The van der Waals surface area contributed by atoms with Crippen molar-refractivity contribution in [2.45, 2.75) is 6.92 Å². The molecular weight excluding hydrogens is 94.8 g/mol. The van der Waals surface area contributed by atoms with Gasteiger partial charge in [-0.1, -0.05) is 12.1 Å². The zero-order chi connectivity index (χ0) is 5.70. The third kappa shape index (κ3) is 3.52. The molecule has 0 amide bonds. The molecule has 0 aromatic rings. The van der Waals surface area contributed by atoms with E-state index in [0.29, 0.717) is 0 Å². The van der Waals surface area contributed by atoms with Crippen molar-refractivity contribution in [2.24, 2.45) is 0 Å². The summed E-state index contributed by atoms with van der Waals surface area (Å²) in [6.45, 7) is 1.71. The van der Waals surface area contributed by atoms with Gasteiger partial charge in [-0.3, -0.25) is 10.1 Å². The Morgan fingerprint density at radius 1 is 1.71 bits per heavy atom. The molecule has 0 aliphatic heterocycles. The van der Waals surface area contributed by atoms with Crippen molar-refractivity contribution in [1.29, 1.82) is 0 Å². The van der Waals surface area contributed by atoms with Gasteiger partial charge in [-0.05, 0) is 6.92 Å². The molecule has 0 heterocycles. The van der Waals surface area contributed by atoms with Crippen LogP contribution in [0.3, 0.4) is 0 Å². The van der Waals surface area contributed by atoms with Crippen LogP contribution in [0, 0.1) is 0 Å². The fourth-order valence-corrected chi connectivity index (χ4v) is 0.200. The first-order valence-corrected chi connectivity index (χ1v) is 1.92. The molecule has 0 aromatic carbocycles. The van der Waals surface area contributed by atoms with Crippen molar-refractivity contribution in [2.75, 3.05) is 0 Å². The van der Waals surface area contributed by atoms with Crippen molar-refractivity contribution >= 4 is 7.12 Å². The van der Waals surface area contributed by atoms with Gasteiger partial charge in [-0.2, -0.15) is 0 Å². The minimum atomic E-state index is -1.18. The zero-order valence-corrected chi connectivity index (χ0v) is 4.03. The SMILES string of the molecule is C/C=C/B(O)OO. The van der Waals surface area contributed by atoms with Crippen LogP contribution in [0.15, 0.2) is 12.1 Å². The number of rotatable bonds is 2. The highest BCUT2D eigenvalue weighted by Crippen LogP contribution is 1.76. The standard InChI is InChI=1S/C3H7BO3/c1-2-3-4(5)7-6/h2-3,5-6H,1H3/b3-2+. The van der Waals surface area contributed by atoms with E-state index >= 15 is 0 Å². The predicted molar refractivity (Wildman–Crippen MR) is 26.5 cm³/mol. The Morgan fingerprint density at radius 3 is 2.43 bits per heavy atom. The molecule has 0 radical (unpaired) electrons. The normalized spacial score (nSPS) is 10.1. The Balaban J connectivity index is 3.16. The highest BCUT2D eigenvalue weighted by molar-refractivity contribution is 6.48. The topological polar surface area (TPSA) is 49.7 Å². The van der Waals surface area contributed by atoms with Crippen molar-refractivity contribution < 1.29 is 15.1 Å². The molecule has 0 spiro atoms. The summed E-state index contributed by atoms with van der Waals surface area (Å²) >= 11 is 0. The summed E-state index contributed by atoms with van der Waals surface area (Å²) in [5, 5.41) is 16.0. The van der Waals surface area contributed by atoms with Crippen molar-refractivity contribution in [3.8, 4) is 0 Å². The van der Waals surface area contributed by atoms with Crippen molar-refractivity contribution in [3.05, 3.63) is 12.1 Å². The lowest BCUT2D eigenvalue weighted by atomic mass is 9.92. The zero-order valence-electron chi connectivity index (χ0n) is 4.03. The minimum Gasteiger partial charge on any atom is -0.422 e. The molecule has 3 nitrogen and oxygen atoms in total. The quantitative estimate of drug-likeness (QED) is 0.294. The summed E-state index contributed by atoms with van der Waals surface area (Å²) in [7, 11) is -1.18. The maximum atomic E-state index is 8.30. The van der Waals surface area contributed by atoms with Gasteiger partial charge in [-0.15, -0.1) is 0 Å². The summed E-state index contributed by atoms with van der Waals surface area (Å²) in [5.74, 6) is 1.31. The fraction of sp³-hybridized carbons (Fsp3) is 0.333. The largest absolute Gasteiger partial charge is 0.514 e. The number of allylic oxidation sites excluding steroid dienone is 1. The molecule has 40 valence electrons. The van der Waals surface area contributed by atoms with E-state index in [1.54, 1.807) is 13.0 Å². The molecule has 0 unspecified atom stereocenters. The fourth-order valence-electron chi connectivity index (χ4n) is 0.200. The maximum absolute atomic E-state index is 8.30. The van der Waals surface area contributed by atoms with Crippen LogP contribution in [0.1, 0.15) is 6.92 Å². The lowest BCUT2D eigenvalue weighted by molar-refractivity contribution is -0.154. The molecule has 0 aliphatic rings. The summed E-state index contributed by atoms with van der Waals surface area (Å²) in [5.41, 5.74) is 0. The molecule has 4 heteroatoms. The molecule has 0 saturated carbocycles. The Bertz CT molecular complexity index is 63.2. The molecule has 2 N–H and O–H groups in total. The van der Waals surface area contributed by atoms with Crippen LogP contribution in [-0.4, -0.2) is 17.4 Å². The Morgan fingerprint density at radius 2 is 2.29 bits per heavy atom. The predicted octanol–water partition coefficient (Wildman–Crippen LogP) is 0.0718. The molecule has 0 bridgehead atoms. The van der Waals surface area contributed by atoms with E-state index in [0.717, 1.165) is 0 Å². The molecule has 7 heavy (non-hydrogen) atoms. The highest BCUT2D eigenvalue weighted by Gasteiger charge is 2.03. The summed E-state index contributed by atoms with van der Waals surface area (Å²) in [6.07, 6.45) is 1.57. The van der Waals surface area contributed by atoms with E-state index < -0.39 is 7.12 Å². The highest BCUT2D eigenvalue weighted by atomic mass is 17.1. The average molecular weight is 102 g/mol. The van der Waals surface area contributed by atoms with Crippen LogP contribution in [0.2, 0.25) is 0 Å². The van der Waals surface area contributed by atoms with Gasteiger partial charge in [0.05, 0.1) is 0 Å². The Kier molecular flexibility index (Phi) is 3.69. The van der Waals surface area contributed by atoms with Gasteiger partial charge >= 0.3 is 7.12 Å². The van der Waals surface area contributed by atoms with Gasteiger partial charge in [0, 0.05) is 0 Å². The van der Waals surface area contributed by atoms with E-state index in [4.69, 9.17) is 10.3 Å². The molecule has 0 fully saturated rings. The molecular formula is C3H7BO3. The first-order valence-electron chi connectivity index (χ1n) is 1.92.